The molecule has 3 heterocycles. The van der Waals surface area contributed by atoms with Gasteiger partial charge in [0, 0.05) is 25.4 Å². The molecule has 2 aromatic rings. The van der Waals surface area contributed by atoms with Gasteiger partial charge in [-0.15, -0.1) is 6.42 Å². The zero-order valence-electron chi connectivity index (χ0n) is 15.6. The summed E-state index contributed by atoms with van der Waals surface area (Å²) in [4.78, 5) is 20.2. The lowest BCUT2D eigenvalue weighted by Crippen LogP contribution is -2.36. The summed E-state index contributed by atoms with van der Waals surface area (Å²) in [5, 5.41) is 3.83. The topological polar surface area (TPSA) is 72.9 Å². The highest BCUT2D eigenvalue weighted by Gasteiger charge is 2.32. The van der Waals surface area contributed by atoms with Crippen molar-refractivity contribution in [1.82, 2.24) is 4.98 Å². The average molecular weight is 399 g/mol. The lowest BCUT2D eigenvalue weighted by atomic mass is 9.91. The van der Waals surface area contributed by atoms with Gasteiger partial charge in [-0.3, -0.25) is 4.79 Å². The van der Waals surface area contributed by atoms with E-state index in [1.807, 2.05) is 18.2 Å². The third kappa shape index (κ3) is 3.63. The molecule has 1 aromatic carbocycles. The average Bonchev–Trinajstić information content (AvgIpc) is 3.16. The molecular formula is C20H21N3O4S. The molecule has 4 rings (SSSR count). The van der Waals surface area contributed by atoms with Gasteiger partial charge < -0.3 is 24.4 Å². The second-order valence-corrected chi connectivity index (χ2v) is 7.53. The Bertz CT molecular complexity index is 915. The summed E-state index contributed by atoms with van der Waals surface area (Å²) in [6.07, 6.45) is 5.67. The number of terminal acetylenes is 1. The second kappa shape index (κ2) is 8.09. The van der Waals surface area contributed by atoms with Crippen molar-refractivity contribution in [2.45, 2.75) is 12.3 Å². The molecule has 0 bridgehead atoms. The Kier molecular flexibility index (Phi) is 5.37. The Morgan fingerprint density at radius 1 is 1.39 bits per heavy atom. The number of morpholine rings is 1. The van der Waals surface area contributed by atoms with Gasteiger partial charge in [0.2, 0.25) is 5.91 Å². The van der Waals surface area contributed by atoms with Crippen LogP contribution in [0.2, 0.25) is 0 Å². The molecule has 7 nitrogen and oxygen atoms in total. The van der Waals surface area contributed by atoms with Crippen LogP contribution in [0.1, 0.15) is 22.8 Å². The highest BCUT2D eigenvalue weighted by molar-refractivity contribution is 7.16. The van der Waals surface area contributed by atoms with Crippen LogP contribution >= 0.6 is 11.3 Å². The van der Waals surface area contributed by atoms with Crippen LogP contribution in [0.3, 0.4) is 0 Å². The van der Waals surface area contributed by atoms with Crippen LogP contribution < -0.4 is 19.7 Å². The van der Waals surface area contributed by atoms with Crippen LogP contribution in [-0.2, 0) is 9.53 Å². The summed E-state index contributed by atoms with van der Waals surface area (Å²) in [5.41, 5.74) is 0.973. The number of fused-ring (bicyclic) bond motifs is 1. The Labute approximate surface area is 167 Å². The summed E-state index contributed by atoms with van der Waals surface area (Å²) in [7, 11) is 1.59. The number of rotatable bonds is 5. The van der Waals surface area contributed by atoms with Gasteiger partial charge in [-0.05, 0) is 17.7 Å². The van der Waals surface area contributed by atoms with Gasteiger partial charge in [-0.1, -0.05) is 23.3 Å². The summed E-state index contributed by atoms with van der Waals surface area (Å²) in [6, 6.07) is 5.71. The van der Waals surface area contributed by atoms with Crippen molar-refractivity contribution < 1.29 is 19.0 Å². The Hall–Kier alpha value is -2.76. The van der Waals surface area contributed by atoms with Gasteiger partial charge >= 0.3 is 0 Å². The molecule has 0 radical (unpaired) electrons. The predicted molar refractivity (Wildman–Crippen MR) is 108 cm³/mol. The van der Waals surface area contributed by atoms with E-state index in [2.05, 4.69) is 21.1 Å². The number of hydrogen-bond donors (Lipinski definition) is 1. The molecule has 1 N–H and O–H groups in total. The van der Waals surface area contributed by atoms with Crippen LogP contribution in [-0.4, -0.2) is 50.9 Å². The van der Waals surface area contributed by atoms with E-state index in [-0.39, 0.29) is 18.4 Å². The number of nitrogens with one attached hydrogen (secondary N) is 1. The number of nitrogens with zero attached hydrogens (tertiary/aromatic N) is 2. The molecule has 1 unspecified atom stereocenters. The zero-order chi connectivity index (χ0) is 19.5. The van der Waals surface area contributed by atoms with Gasteiger partial charge in [-0.2, -0.15) is 0 Å². The fourth-order valence-corrected chi connectivity index (χ4v) is 4.61. The first-order valence-corrected chi connectivity index (χ1v) is 9.88. The van der Waals surface area contributed by atoms with Crippen LogP contribution in [0.15, 0.2) is 18.2 Å². The number of amides is 1. The molecule has 1 saturated heterocycles. The number of hydrogen-bond acceptors (Lipinski definition) is 7. The van der Waals surface area contributed by atoms with Crippen molar-refractivity contribution in [3.63, 3.8) is 0 Å². The number of benzene rings is 1. The Morgan fingerprint density at radius 2 is 2.21 bits per heavy atom. The first-order valence-electron chi connectivity index (χ1n) is 9.07. The maximum absolute atomic E-state index is 12.3. The second-order valence-electron chi connectivity index (χ2n) is 6.52. The van der Waals surface area contributed by atoms with Crippen LogP contribution in [0.25, 0.3) is 0 Å². The van der Waals surface area contributed by atoms with Crippen LogP contribution in [0, 0.1) is 12.3 Å². The molecule has 1 fully saturated rings. The van der Waals surface area contributed by atoms with Crippen molar-refractivity contribution in [1.29, 1.82) is 0 Å². The summed E-state index contributed by atoms with van der Waals surface area (Å²) in [5.74, 6) is 4.16. The summed E-state index contributed by atoms with van der Waals surface area (Å²) in [6.45, 7) is 3.13. The van der Waals surface area contributed by atoms with E-state index >= 15 is 0 Å². The smallest absolute Gasteiger partial charge is 0.226 e. The number of carbonyl (C=O) groups is 1. The molecule has 28 heavy (non-hydrogen) atoms. The van der Waals surface area contributed by atoms with E-state index in [1.54, 1.807) is 18.4 Å². The molecular weight excluding hydrogens is 378 g/mol. The minimum absolute atomic E-state index is 0.0433. The fourth-order valence-electron chi connectivity index (χ4n) is 3.41. The number of thiazole rings is 1. The van der Waals surface area contributed by atoms with Crippen molar-refractivity contribution in [3.05, 3.63) is 28.6 Å². The highest BCUT2D eigenvalue weighted by Crippen LogP contribution is 2.44. The third-order valence-corrected chi connectivity index (χ3v) is 6.02. The van der Waals surface area contributed by atoms with E-state index in [9.17, 15) is 4.79 Å². The van der Waals surface area contributed by atoms with Crippen LogP contribution in [0.5, 0.6) is 11.5 Å². The fraction of sp³-hybridized carbons (Fsp3) is 0.400. The number of aromatic nitrogens is 1. The molecule has 1 amide bonds. The summed E-state index contributed by atoms with van der Waals surface area (Å²) < 4.78 is 16.4. The zero-order valence-corrected chi connectivity index (χ0v) is 16.4. The molecule has 146 valence electrons. The van der Waals surface area contributed by atoms with Gasteiger partial charge in [0.15, 0.2) is 16.6 Å². The van der Waals surface area contributed by atoms with Crippen molar-refractivity contribution in [2.24, 2.45) is 0 Å². The van der Waals surface area contributed by atoms with Gasteiger partial charge in [0.1, 0.15) is 12.4 Å². The van der Waals surface area contributed by atoms with E-state index < -0.39 is 0 Å². The molecule has 0 saturated carbocycles. The molecule has 2 aliphatic heterocycles. The third-order valence-electron chi connectivity index (χ3n) is 4.79. The Balaban J connectivity index is 1.68. The van der Waals surface area contributed by atoms with Crippen molar-refractivity contribution >= 4 is 28.2 Å². The van der Waals surface area contributed by atoms with E-state index in [1.165, 1.54) is 0 Å². The summed E-state index contributed by atoms with van der Waals surface area (Å²) >= 11 is 1.62. The molecule has 1 atom stereocenters. The van der Waals surface area contributed by atoms with Crippen molar-refractivity contribution in [3.8, 4) is 23.8 Å². The van der Waals surface area contributed by atoms with Crippen molar-refractivity contribution in [2.75, 3.05) is 50.2 Å². The number of methoxy groups -OCH3 is 1. The number of ether oxygens (including phenoxy) is 3. The maximum atomic E-state index is 12.3. The molecule has 1 aromatic heterocycles. The van der Waals surface area contributed by atoms with E-state index in [4.69, 9.17) is 20.6 Å². The molecule has 0 spiro atoms. The predicted octanol–water partition coefficient (Wildman–Crippen LogP) is 2.47. The molecule has 0 aliphatic carbocycles. The highest BCUT2D eigenvalue weighted by atomic mass is 32.1. The monoisotopic (exact) mass is 399 g/mol. The quantitative estimate of drug-likeness (QED) is 0.779. The lowest BCUT2D eigenvalue weighted by Gasteiger charge is -2.26. The van der Waals surface area contributed by atoms with E-state index in [0.717, 1.165) is 28.7 Å². The van der Waals surface area contributed by atoms with Gasteiger partial charge in [0.25, 0.3) is 0 Å². The SMILES string of the molecule is C#CCOc1cc(C2CC(=O)Nc3nc(N4CCOCC4)sc32)ccc1OC. The largest absolute Gasteiger partial charge is 0.493 e. The minimum atomic E-state index is -0.0878. The number of anilines is 2. The van der Waals surface area contributed by atoms with Gasteiger partial charge in [0.05, 0.1) is 25.2 Å². The number of carbonyl (C=O) groups excluding carboxylic acids is 1. The maximum Gasteiger partial charge on any atom is 0.226 e. The molecule has 8 heteroatoms. The first-order chi connectivity index (χ1) is 13.7. The molecule has 2 aliphatic rings. The van der Waals surface area contributed by atoms with E-state index in [0.29, 0.717) is 37.0 Å². The Morgan fingerprint density at radius 3 is 2.96 bits per heavy atom. The van der Waals surface area contributed by atoms with Gasteiger partial charge in [-0.25, -0.2) is 4.98 Å². The minimum Gasteiger partial charge on any atom is -0.493 e. The first kappa shape index (κ1) is 18.6. The normalized spacial score (nSPS) is 18.8. The standard InChI is InChI=1S/C20H21N3O4S/c1-3-8-27-16-11-13(4-5-15(16)25-2)14-12-17(24)21-19-18(14)28-20(22-19)23-6-9-26-10-7-23/h1,4-5,11,14H,6-10,12H2,2H3,(H,21,24). The lowest BCUT2D eigenvalue weighted by molar-refractivity contribution is -0.116. The van der Waals surface area contributed by atoms with Crippen LogP contribution in [0.4, 0.5) is 10.9 Å².